The van der Waals surface area contributed by atoms with Crippen molar-refractivity contribution in [2.45, 2.75) is 90.6 Å². The molecular formula is C45H47F6N7O5. The molecule has 0 bridgehead atoms. The topological polar surface area (TPSA) is 113 Å². The Labute approximate surface area is 358 Å². The van der Waals surface area contributed by atoms with Gasteiger partial charge in [-0.2, -0.15) is 26.3 Å². The van der Waals surface area contributed by atoms with Crippen LogP contribution in [0.4, 0.5) is 37.7 Å². The minimum Gasteiger partial charge on any atom is -0.496 e. The predicted octanol–water partition coefficient (Wildman–Crippen LogP) is 6.15. The van der Waals surface area contributed by atoms with Crippen LogP contribution in [0.15, 0.2) is 58.3 Å². The van der Waals surface area contributed by atoms with E-state index in [-0.39, 0.29) is 73.8 Å². The molecule has 1 saturated carbocycles. The van der Waals surface area contributed by atoms with Crippen LogP contribution in [0, 0.1) is 24.7 Å². The number of methoxy groups -OCH3 is 1. The third-order valence-electron chi connectivity index (χ3n) is 13.3. The summed E-state index contributed by atoms with van der Waals surface area (Å²) in [6, 6.07) is 9.14. The second-order valence-electron chi connectivity index (χ2n) is 17.7. The number of carbonyl (C=O) groups excluding carboxylic acids is 2. The van der Waals surface area contributed by atoms with Crippen LogP contribution in [0.5, 0.6) is 5.75 Å². The molecular weight excluding hydrogens is 833 g/mol. The summed E-state index contributed by atoms with van der Waals surface area (Å²) in [6.45, 7) is 5.36. The number of halogens is 6. The number of nitrogens with zero attached hydrogens (tertiary/aromatic N) is 7. The minimum atomic E-state index is -4.56. The molecule has 0 radical (unpaired) electrons. The van der Waals surface area contributed by atoms with Crippen LogP contribution in [0.2, 0.25) is 0 Å². The van der Waals surface area contributed by atoms with Crippen molar-refractivity contribution in [1.82, 2.24) is 23.9 Å². The Morgan fingerprint density at radius 3 is 1.89 bits per heavy atom. The Balaban J connectivity index is 0.871. The van der Waals surface area contributed by atoms with Crippen molar-refractivity contribution < 1.29 is 40.7 Å². The summed E-state index contributed by atoms with van der Waals surface area (Å²) in [4.78, 5) is 65.8. The van der Waals surface area contributed by atoms with Crippen molar-refractivity contribution in [2.75, 3.05) is 43.1 Å². The van der Waals surface area contributed by atoms with Gasteiger partial charge < -0.3 is 33.5 Å². The van der Waals surface area contributed by atoms with E-state index in [1.165, 1.54) is 25.3 Å². The predicted molar refractivity (Wildman–Crippen MR) is 219 cm³/mol. The zero-order valence-corrected chi connectivity index (χ0v) is 34.9. The molecule has 334 valence electrons. The highest BCUT2D eigenvalue weighted by molar-refractivity contribution is 5.78. The summed E-state index contributed by atoms with van der Waals surface area (Å²) in [5.74, 6) is 0.578. The molecule has 2 saturated heterocycles. The van der Waals surface area contributed by atoms with Crippen molar-refractivity contribution in [3.8, 4) is 5.75 Å². The van der Waals surface area contributed by atoms with Gasteiger partial charge in [0.25, 0.3) is 11.1 Å². The van der Waals surface area contributed by atoms with Gasteiger partial charge in [0.2, 0.25) is 11.8 Å². The number of fused-ring (bicyclic) bond motifs is 2. The molecule has 0 spiro atoms. The number of alkyl halides is 6. The molecule has 0 N–H and O–H groups in total. The highest BCUT2D eigenvalue weighted by Gasteiger charge is 2.39. The van der Waals surface area contributed by atoms with Crippen LogP contribution in [0.3, 0.4) is 0 Å². The Bertz CT molecular complexity index is 2570. The maximum absolute atomic E-state index is 14.0. The highest BCUT2D eigenvalue weighted by Crippen LogP contribution is 2.38. The van der Waals surface area contributed by atoms with E-state index >= 15 is 0 Å². The fraction of sp³-hybridized carbons (Fsp3) is 0.489. The standard InChI is InChI=1S/C45H47F6N7O5/c1-26-42(63-2)35-23-56(40(60)13-28-17-53(18-28)32-7-5-31(6-8-32)44(46,47)48)25-37(35)57(43(26)62)12-10-30-15-41(61)58(21-27-3-4-27)36-24-55(22-34(30)36)39(59)14-29-19-54(20-29)33-9-11-52-38(16-33)45(49,50)51/h5-9,11,15-16,27-29H,3-4,10,12-14,17-25H2,1-2H3. The number of hydrogen-bond acceptors (Lipinski definition) is 8. The number of anilines is 2. The average Bonchev–Trinajstić information content (AvgIpc) is 3.74. The van der Waals surface area contributed by atoms with E-state index in [0.717, 1.165) is 59.6 Å². The van der Waals surface area contributed by atoms with Gasteiger partial charge in [-0.25, -0.2) is 0 Å². The summed E-state index contributed by atoms with van der Waals surface area (Å²) in [5, 5.41) is 0. The lowest BCUT2D eigenvalue weighted by atomic mass is 9.94. The molecule has 9 rings (SSSR count). The van der Waals surface area contributed by atoms with E-state index in [1.807, 2.05) is 4.90 Å². The highest BCUT2D eigenvalue weighted by atomic mass is 19.4. The number of amides is 2. The van der Waals surface area contributed by atoms with Gasteiger partial charge in [-0.3, -0.25) is 24.2 Å². The monoisotopic (exact) mass is 879 g/mol. The fourth-order valence-electron chi connectivity index (χ4n) is 9.59. The third kappa shape index (κ3) is 8.40. The first kappa shape index (κ1) is 42.5. The summed E-state index contributed by atoms with van der Waals surface area (Å²) in [6.07, 6.45) is -5.02. The molecule has 4 aliphatic heterocycles. The first-order valence-electron chi connectivity index (χ1n) is 21.2. The summed E-state index contributed by atoms with van der Waals surface area (Å²) >= 11 is 0. The molecule has 1 aromatic carbocycles. The van der Waals surface area contributed by atoms with Gasteiger partial charge in [-0.05, 0) is 79.6 Å². The van der Waals surface area contributed by atoms with Crippen molar-refractivity contribution in [3.05, 3.63) is 114 Å². The number of pyridine rings is 3. The van der Waals surface area contributed by atoms with Crippen molar-refractivity contribution in [3.63, 3.8) is 0 Å². The number of aromatic nitrogens is 3. The Hall–Kier alpha value is -5.81. The zero-order chi connectivity index (χ0) is 44.5. The maximum Gasteiger partial charge on any atom is 0.433 e. The van der Waals surface area contributed by atoms with Crippen molar-refractivity contribution >= 4 is 23.2 Å². The van der Waals surface area contributed by atoms with Gasteiger partial charge in [-0.15, -0.1) is 0 Å². The number of rotatable bonds is 12. The number of ether oxygens (including phenoxy) is 1. The maximum atomic E-state index is 14.0. The Kier molecular flexibility index (Phi) is 10.8. The van der Waals surface area contributed by atoms with Gasteiger partial charge in [-0.1, -0.05) is 0 Å². The average molecular weight is 880 g/mol. The lowest BCUT2D eigenvalue weighted by molar-refractivity contribution is -0.141. The van der Waals surface area contributed by atoms with E-state index in [1.54, 1.807) is 36.8 Å². The number of benzene rings is 1. The Morgan fingerprint density at radius 1 is 0.730 bits per heavy atom. The fourth-order valence-corrected chi connectivity index (χ4v) is 9.59. The van der Waals surface area contributed by atoms with E-state index in [0.29, 0.717) is 80.0 Å². The van der Waals surface area contributed by atoms with Crippen LogP contribution in [-0.2, 0) is 67.6 Å². The molecule has 12 nitrogen and oxygen atoms in total. The zero-order valence-electron chi connectivity index (χ0n) is 34.9. The van der Waals surface area contributed by atoms with Crippen LogP contribution in [0.25, 0.3) is 0 Å². The van der Waals surface area contributed by atoms with E-state index in [9.17, 15) is 45.5 Å². The Morgan fingerprint density at radius 2 is 1.32 bits per heavy atom. The van der Waals surface area contributed by atoms with Crippen LogP contribution >= 0.6 is 0 Å². The molecule has 0 unspecified atom stereocenters. The molecule has 7 heterocycles. The normalized spacial score (nSPS) is 17.8. The lowest BCUT2D eigenvalue weighted by Gasteiger charge is -2.41. The molecule has 18 heteroatoms. The first-order chi connectivity index (χ1) is 29.9. The van der Waals surface area contributed by atoms with Crippen LogP contribution in [0.1, 0.15) is 70.6 Å². The van der Waals surface area contributed by atoms with E-state index < -0.39 is 23.6 Å². The second kappa shape index (κ2) is 16.1. The number of aryl methyl sites for hydroxylation is 1. The van der Waals surface area contributed by atoms with Crippen molar-refractivity contribution in [1.29, 1.82) is 0 Å². The SMILES string of the molecule is COc1c2c(n(CCc3cc(=O)n(CC4CC4)c4c3CN(C(=O)CC3CN(c5ccnc(C(F)(F)F)c5)C3)C4)c(=O)c1C)CN(C(=O)CC1CN(c3ccc(C(F)(F)F)cc3)C1)C2. The van der Waals surface area contributed by atoms with Gasteiger partial charge in [0, 0.05) is 111 Å². The van der Waals surface area contributed by atoms with Crippen LogP contribution < -0.4 is 25.7 Å². The first-order valence-corrected chi connectivity index (χ1v) is 21.2. The summed E-state index contributed by atoms with van der Waals surface area (Å²) in [5.41, 5.74) is 3.16. The van der Waals surface area contributed by atoms with Gasteiger partial charge in [0.1, 0.15) is 11.4 Å². The molecule has 3 fully saturated rings. The number of hydrogen-bond donors (Lipinski definition) is 0. The minimum absolute atomic E-state index is 0.00977. The molecule has 5 aliphatic rings. The van der Waals surface area contributed by atoms with E-state index in [4.69, 9.17) is 4.74 Å². The third-order valence-corrected chi connectivity index (χ3v) is 13.3. The lowest BCUT2D eigenvalue weighted by Crippen LogP contribution is -2.48. The smallest absolute Gasteiger partial charge is 0.433 e. The second-order valence-corrected chi connectivity index (χ2v) is 17.7. The van der Waals surface area contributed by atoms with Crippen LogP contribution in [-0.4, -0.2) is 69.0 Å². The molecule has 0 atom stereocenters. The van der Waals surface area contributed by atoms with Gasteiger partial charge >= 0.3 is 12.4 Å². The van der Waals surface area contributed by atoms with E-state index in [2.05, 4.69) is 4.98 Å². The molecule has 2 amide bonds. The molecule has 63 heavy (non-hydrogen) atoms. The quantitative estimate of drug-likeness (QED) is 0.156. The largest absolute Gasteiger partial charge is 0.496 e. The molecule has 3 aromatic heterocycles. The van der Waals surface area contributed by atoms with Crippen molar-refractivity contribution in [2.24, 2.45) is 17.8 Å². The number of carbonyl (C=O) groups is 2. The summed E-state index contributed by atoms with van der Waals surface area (Å²) in [7, 11) is 1.49. The molecule has 4 aromatic rings. The molecule has 1 aliphatic carbocycles. The van der Waals surface area contributed by atoms with Gasteiger partial charge in [0.05, 0.1) is 37.9 Å². The van der Waals surface area contributed by atoms with Gasteiger partial charge in [0.15, 0.2) is 0 Å². The summed E-state index contributed by atoms with van der Waals surface area (Å²) < 4.78 is 88.0.